The maximum Gasteiger partial charge on any atom is 0.322 e. The Morgan fingerprint density at radius 3 is 2.65 bits per heavy atom. The van der Waals surface area contributed by atoms with Crippen LogP contribution in [-0.4, -0.2) is 79.1 Å². The van der Waals surface area contributed by atoms with Crippen LogP contribution < -0.4 is 10.1 Å². The third-order valence-corrected chi connectivity index (χ3v) is 7.05. The molecule has 2 aromatic carbocycles. The van der Waals surface area contributed by atoms with Crippen LogP contribution >= 0.6 is 0 Å². The van der Waals surface area contributed by atoms with Gasteiger partial charge in [-0.25, -0.2) is 4.79 Å². The molecule has 1 atom stereocenters. The minimum Gasteiger partial charge on any atom is -0.489 e. The largest absolute Gasteiger partial charge is 0.489 e. The Labute approximate surface area is 218 Å². The van der Waals surface area contributed by atoms with Crippen molar-refractivity contribution >= 4 is 11.9 Å². The van der Waals surface area contributed by atoms with Crippen molar-refractivity contribution in [1.29, 1.82) is 0 Å². The van der Waals surface area contributed by atoms with E-state index in [1.54, 1.807) is 11.0 Å². The number of nitrogens with one attached hydrogen (secondary N) is 1. The van der Waals surface area contributed by atoms with E-state index in [1.807, 2.05) is 59.5 Å². The van der Waals surface area contributed by atoms with Crippen molar-refractivity contribution in [1.82, 2.24) is 20.0 Å². The average Bonchev–Trinajstić information content (AvgIpc) is 3.26. The first-order chi connectivity index (χ1) is 18.1. The van der Waals surface area contributed by atoms with Gasteiger partial charge in [0.25, 0.3) is 5.91 Å². The minimum atomic E-state index is -0.527. The predicted molar refractivity (Wildman–Crippen MR) is 141 cm³/mol. The number of hydrogen-bond donors (Lipinski definition) is 1. The molecule has 0 saturated carbocycles. The van der Waals surface area contributed by atoms with E-state index >= 15 is 0 Å². The molecule has 0 spiro atoms. The molecule has 1 fully saturated rings. The van der Waals surface area contributed by atoms with Gasteiger partial charge in [-0.1, -0.05) is 48.5 Å². The first-order valence-electron chi connectivity index (χ1n) is 12.9. The van der Waals surface area contributed by atoms with Crippen molar-refractivity contribution < 1.29 is 19.1 Å². The molecule has 194 valence electrons. The van der Waals surface area contributed by atoms with Gasteiger partial charge in [0.15, 0.2) is 0 Å². The lowest BCUT2D eigenvalue weighted by Gasteiger charge is -2.33. The second-order valence-electron chi connectivity index (χ2n) is 9.52. The smallest absolute Gasteiger partial charge is 0.322 e. The second-order valence-corrected chi connectivity index (χ2v) is 9.52. The van der Waals surface area contributed by atoms with E-state index in [0.29, 0.717) is 37.6 Å². The third kappa shape index (κ3) is 5.70. The average molecular weight is 503 g/mol. The molecule has 2 aromatic rings. The summed E-state index contributed by atoms with van der Waals surface area (Å²) in [6, 6.07) is 16.9. The Morgan fingerprint density at radius 2 is 1.86 bits per heavy atom. The van der Waals surface area contributed by atoms with E-state index < -0.39 is 6.04 Å². The van der Waals surface area contributed by atoms with Crippen molar-refractivity contribution in [2.45, 2.75) is 19.1 Å². The molecule has 3 aliphatic heterocycles. The van der Waals surface area contributed by atoms with Crippen LogP contribution in [0.4, 0.5) is 4.79 Å². The van der Waals surface area contributed by atoms with Gasteiger partial charge in [0.1, 0.15) is 12.4 Å². The number of urea groups is 1. The molecule has 0 unspecified atom stereocenters. The van der Waals surface area contributed by atoms with Crippen LogP contribution in [0.15, 0.2) is 78.5 Å². The number of rotatable bonds is 10. The molecule has 37 heavy (non-hydrogen) atoms. The molecule has 3 amide bonds. The Morgan fingerprint density at radius 1 is 1.05 bits per heavy atom. The predicted octanol–water partition coefficient (Wildman–Crippen LogP) is 3.34. The van der Waals surface area contributed by atoms with Crippen molar-refractivity contribution in [3.63, 3.8) is 0 Å². The van der Waals surface area contributed by atoms with E-state index in [-0.39, 0.29) is 11.9 Å². The number of nitrogens with zero attached hydrogens (tertiary/aromatic N) is 3. The number of ether oxygens (including phenoxy) is 2. The Balaban J connectivity index is 1.32. The molecule has 0 aliphatic carbocycles. The summed E-state index contributed by atoms with van der Waals surface area (Å²) in [5.74, 6) is 0.672. The lowest BCUT2D eigenvalue weighted by molar-refractivity contribution is -0.125. The van der Waals surface area contributed by atoms with Crippen LogP contribution in [-0.2, 0) is 16.1 Å². The number of amides is 3. The van der Waals surface area contributed by atoms with Crippen molar-refractivity contribution in [2.75, 3.05) is 52.5 Å². The fourth-order valence-electron chi connectivity index (χ4n) is 5.14. The van der Waals surface area contributed by atoms with Gasteiger partial charge in [-0.15, -0.1) is 6.58 Å². The van der Waals surface area contributed by atoms with Gasteiger partial charge in [0, 0.05) is 32.7 Å². The summed E-state index contributed by atoms with van der Waals surface area (Å²) in [4.78, 5) is 32.6. The summed E-state index contributed by atoms with van der Waals surface area (Å²) in [5, 5.41) is 3.05. The van der Waals surface area contributed by atoms with Crippen LogP contribution in [0.3, 0.4) is 0 Å². The van der Waals surface area contributed by atoms with Gasteiger partial charge in [0.2, 0.25) is 0 Å². The molecular weight excluding hydrogens is 468 g/mol. The van der Waals surface area contributed by atoms with Gasteiger partial charge in [0.05, 0.1) is 37.1 Å². The van der Waals surface area contributed by atoms with Gasteiger partial charge in [-0.3, -0.25) is 14.6 Å². The van der Waals surface area contributed by atoms with Crippen molar-refractivity contribution in [3.05, 3.63) is 89.6 Å². The first kappa shape index (κ1) is 25.0. The first-order valence-corrected chi connectivity index (χ1v) is 12.9. The topological polar surface area (TPSA) is 74.4 Å². The van der Waals surface area contributed by atoms with Crippen molar-refractivity contribution in [2.24, 2.45) is 0 Å². The molecule has 5 rings (SSSR count). The molecule has 1 N–H and O–H groups in total. The van der Waals surface area contributed by atoms with Crippen molar-refractivity contribution in [3.8, 4) is 5.75 Å². The molecule has 3 heterocycles. The summed E-state index contributed by atoms with van der Waals surface area (Å²) >= 11 is 0. The Hall–Kier alpha value is -3.62. The van der Waals surface area contributed by atoms with Gasteiger partial charge in [-0.2, -0.15) is 0 Å². The van der Waals surface area contributed by atoms with E-state index in [2.05, 4.69) is 16.8 Å². The Bertz CT molecular complexity index is 1160. The highest BCUT2D eigenvalue weighted by Gasteiger charge is 2.43. The molecule has 0 aromatic heterocycles. The fourth-order valence-corrected chi connectivity index (χ4v) is 5.14. The second kappa shape index (κ2) is 11.6. The van der Waals surface area contributed by atoms with Crippen LogP contribution in [0.5, 0.6) is 5.75 Å². The van der Waals surface area contributed by atoms with Crippen LogP contribution in [0.25, 0.3) is 0 Å². The number of hydrogen-bond acceptors (Lipinski definition) is 5. The van der Waals surface area contributed by atoms with E-state index in [0.717, 1.165) is 56.1 Å². The highest BCUT2D eigenvalue weighted by Crippen LogP contribution is 2.37. The lowest BCUT2D eigenvalue weighted by Crippen LogP contribution is -2.47. The van der Waals surface area contributed by atoms with E-state index in [1.165, 1.54) is 0 Å². The molecule has 8 nitrogen and oxygen atoms in total. The highest BCUT2D eigenvalue weighted by molar-refractivity contribution is 6.01. The fraction of sp³-hybridized carbons (Fsp3) is 0.379. The maximum absolute atomic E-state index is 13.7. The van der Waals surface area contributed by atoms with Crippen LogP contribution in [0.1, 0.15) is 23.6 Å². The monoisotopic (exact) mass is 502 g/mol. The van der Waals surface area contributed by atoms with E-state index in [4.69, 9.17) is 9.47 Å². The highest BCUT2D eigenvalue weighted by atomic mass is 16.5. The van der Waals surface area contributed by atoms with E-state index in [9.17, 15) is 9.59 Å². The zero-order valence-electron chi connectivity index (χ0n) is 21.1. The molecule has 0 bridgehead atoms. The minimum absolute atomic E-state index is 0.0216. The van der Waals surface area contributed by atoms with Gasteiger partial charge in [-0.05, 0) is 29.7 Å². The zero-order valence-corrected chi connectivity index (χ0v) is 21.1. The van der Waals surface area contributed by atoms with Crippen LogP contribution in [0, 0.1) is 0 Å². The van der Waals surface area contributed by atoms with Gasteiger partial charge < -0.3 is 19.7 Å². The summed E-state index contributed by atoms with van der Waals surface area (Å²) in [7, 11) is 0. The molecule has 8 heteroatoms. The zero-order chi connectivity index (χ0) is 25.6. The number of benzene rings is 2. The normalized spacial score (nSPS) is 20.2. The lowest BCUT2D eigenvalue weighted by atomic mass is 9.95. The number of carbonyl (C=O) groups is 2. The summed E-state index contributed by atoms with van der Waals surface area (Å²) in [5.41, 5.74) is 3.30. The standard InChI is InChI=1S/C29H34N4O4/c1-2-12-33-25-20-32(14-7-13-31-15-17-36-18-16-31)28(34)26(25)27(30-29(33)35)23-10-6-11-24(19-23)37-21-22-8-4-3-5-9-22/h2-6,8-11,19,27H,1,7,12-18,20-21H2,(H,30,35)/t27-/m1/s1. The molecule has 3 aliphatic rings. The number of carbonyl (C=O) groups excluding carboxylic acids is 2. The summed E-state index contributed by atoms with van der Waals surface area (Å²) in [6.45, 7) is 9.98. The summed E-state index contributed by atoms with van der Waals surface area (Å²) in [6.07, 6.45) is 2.57. The van der Waals surface area contributed by atoms with Crippen LogP contribution in [0.2, 0.25) is 0 Å². The quantitative estimate of drug-likeness (QED) is 0.505. The molecule has 1 saturated heterocycles. The summed E-state index contributed by atoms with van der Waals surface area (Å²) < 4.78 is 11.4. The number of morpholine rings is 1. The molecular formula is C29H34N4O4. The van der Waals surface area contributed by atoms with Gasteiger partial charge >= 0.3 is 6.03 Å². The molecule has 0 radical (unpaired) electrons. The third-order valence-electron chi connectivity index (χ3n) is 7.05. The Kier molecular flexibility index (Phi) is 7.87. The maximum atomic E-state index is 13.7. The SMILES string of the molecule is C=CCN1C(=O)N[C@H](c2cccc(OCc3ccccc3)c2)C2=C1CN(CCCN1CCOCC1)C2=O.